The predicted octanol–water partition coefficient (Wildman–Crippen LogP) is 3.16. The van der Waals surface area contributed by atoms with Gasteiger partial charge in [-0.1, -0.05) is 32.1 Å². The molecule has 0 aromatic rings. The normalized spacial score (nSPS) is 18.2. The third-order valence-corrected chi connectivity index (χ3v) is 3.94. The molecular weight excluding hydrogens is 365 g/mol. The molecule has 0 amide bonds. The SMILES string of the molecule is CN=C(NCCOC)NC(C)CCC1CCCCC1.I. The van der Waals surface area contributed by atoms with E-state index in [1.54, 1.807) is 7.11 Å². The molecule has 1 saturated carbocycles. The fourth-order valence-electron chi connectivity index (χ4n) is 2.73. The van der Waals surface area contributed by atoms with E-state index in [-0.39, 0.29) is 24.0 Å². The fraction of sp³-hybridized carbons (Fsp3) is 0.933. The standard InChI is InChI=1S/C15H31N3O.HI/c1-13(9-10-14-7-5-4-6-8-14)18-15(16-2)17-11-12-19-3;/h13-14H,4-12H2,1-3H3,(H2,16,17,18);1H. The zero-order valence-corrected chi connectivity index (χ0v) is 15.6. The van der Waals surface area contributed by atoms with Gasteiger partial charge < -0.3 is 15.4 Å². The van der Waals surface area contributed by atoms with Crippen molar-refractivity contribution >= 4 is 29.9 Å². The summed E-state index contributed by atoms with van der Waals surface area (Å²) in [6, 6.07) is 0.482. The van der Waals surface area contributed by atoms with Crippen LogP contribution in [0.3, 0.4) is 0 Å². The molecular formula is C15H32IN3O. The smallest absolute Gasteiger partial charge is 0.191 e. The Morgan fingerprint density at radius 2 is 2.00 bits per heavy atom. The Labute approximate surface area is 141 Å². The molecule has 0 heterocycles. The summed E-state index contributed by atoms with van der Waals surface area (Å²) in [5.74, 6) is 1.84. The maximum absolute atomic E-state index is 5.02. The van der Waals surface area contributed by atoms with Crippen molar-refractivity contribution in [2.75, 3.05) is 27.3 Å². The van der Waals surface area contributed by atoms with Crippen molar-refractivity contribution in [3.05, 3.63) is 0 Å². The number of ether oxygens (including phenoxy) is 1. The summed E-state index contributed by atoms with van der Waals surface area (Å²) < 4.78 is 5.02. The highest BCUT2D eigenvalue weighted by Crippen LogP contribution is 2.27. The van der Waals surface area contributed by atoms with Gasteiger partial charge in [0, 0.05) is 26.7 Å². The number of nitrogens with one attached hydrogen (secondary N) is 2. The van der Waals surface area contributed by atoms with Crippen LogP contribution in [0.1, 0.15) is 51.9 Å². The van der Waals surface area contributed by atoms with Crippen LogP contribution in [0, 0.1) is 5.92 Å². The predicted molar refractivity (Wildman–Crippen MR) is 97.1 cm³/mol. The van der Waals surface area contributed by atoms with Gasteiger partial charge in [-0.3, -0.25) is 4.99 Å². The van der Waals surface area contributed by atoms with Crippen LogP contribution in [-0.2, 0) is 4.74 Å². The van der Waals surface area contributed by atoms with Gasteiger partial charge in [-0.25, -0.2) is 0 Å². The lowest BCUT2D eigenvalue weighted by molar-refractivity contribution is 0.203. The molecule has 1 atom stereocenters. The number of methoxy groups -OCH3 is 1. The van der Waals surface area contributed by atoms with E-state index in [1.165, 1.54) is 44.9 Å². The molecule has 1 unspecified atom stereocenters. The average Bonchev–Trinajstić information content (AvgIpc) is 2.45. The molecule has 1 rings (SSSR count). The number of guanidine groups is 1. The number of hydrogen-bond acceptors (Lipinski definition) is 2. The van der Waals surface area contributed by atoms with E-state index in [4.69, 9.17) is 4.74 Å². The number of rotatable bonds is 7. The molecule has 0 bridgehead atoms. The Balaban J connectivity index is 0.00000361. The van der Waals surface area contributed by atoms with Crippen LogP contribution < -0.4 is 10.6 Å². The highest BCUT2D eigenvalue weighted by atomic mass is 127. The molecule has 120 valence electrons. The third-order valence-electron chi connectivity index (χ3n) is 3.94. The molecule has 0 aliphatic heterocycles. The van der Waals surface area contributed by atoms with Crippen LogP contribution in [0.4, 0.5) is 0 Å². The Morgan fingerprint density at radius 3 is 2.60 bits per heavy atom. The van der Waals surface area contributed by atoms with Crippen molar-refractivity contribution < 1.29 is 4.74 Å². The molecule has 1 fully saturated rings. The van der Waals surface area contributed by atoms with Gasteiger partial charge in [-0.2, -0.15) is 0 Å². The minimum atomic E-state index is 0. The number of hydrogen-bond donors (Lipinski definition) is 2. The first kappa shape index (κ1) is 20.0. The zero-order valence-electron chi connectivity index (χ0n) is 13.3. The third kappa shape index (κ3) is 9.00. The maximum Gasteiger partial charge on any atom is 0.191 e. The molecule has 1 aliphatic carbocycles. The minimum Gasteiger partial charge on any atom is -0.383 e. The van der Waals surface area contributed by atoms with Crippen molar-refractivity contribution in [3.8, 4) is 0 Å². The Bertz CT molecular complexity index is 256. The quantitative estimate of drug-likeness (QED) is 0.300. The molecule has 0 aromatic heterocycles. The Morgan fingerprint density at radius 1 is 1.30 bits per heavy atom. The molecule has 0 aromatic carbocycles. The molecule has 0 spiro atoms. The summed E-state index contributed by atoms with van der Waals surface area (Å²) in [5, 5.41) is 6.70. The first-order chi connectivity index (χ1) is 9.26. The van der Waals surface area contributed by atoms with Gasteiger partial charge in [0.25, 0.3) is 0 Å². The van der Waals surface area contributed by atoms with Gasteiger partial charge in [0.15, 0.2) is 5.96 Å². The van der Waals surface area contributed by atoms with Crippen molar-refractivity contribution in [2.45, 2.75) is 57.9 Å². The van der Waals surface area contributed by atoms with E-state index in [2.05, 4.69) is 22.5 Å². The summed E-state index contributed by atoms with van der Waals surface area (Å²) in [4.78, 5) is 4.23. The molecule has 2 N–H and O–H groups in total. The van der Waals surface area contributed by atoms with Crippen LogP contribution in [0.15, 0.2) is 4.99 Å². The number of halogens is 1. The van der Waals surface area contributed by atoms with Gasteiger partial charge >= 0.3 is 0 Å². The van der Waals surface area contributed by atoms with Crippen LogP contribution in [0.5, 0.6) is 0 Å². The highest BCUT2D eigenvalue weighted by molar-refractivity contribution is 14.0. The monoisotopic (exact) mass is 397 g/mol. The summed E-state index contributed by atoms with van der Waals surface area (Å²) in [5.41, 5.74) is 0. The van der Waals surface area contributed by atoms with Crippen molar-refractivity contribution in [3.63, 3.8) is 0 Å². The maximum atomic E-state index is 5.02. The van der Waals surface area contributed by atoms with Crippen LogP contribution in [0.2, 0.25) is 0 Å². The first-order valence-electron chi connectivity index (χ1n) is 7.72. The molecule has 4 nitrogen and oxygen atoms in total. The second kappa shape index (κ2) is 12.7. The topological polar surface area (TPSA) is 45.7 Å². The average molecular weight is 397 g/mol. The summed E-state index contributed by atoms with van der Waals surface area (Å²) in [6.45, 7) is 3.74. The highest BCUT2D eigenvalue weighted by Gasteiger charge is 2.14. The Kier molecular flexibility index (Phi) is 12.7. The van der Waals surface area contributed by atoms with E-state index < -0.39 is 0 Å². The van der Waals surface area contributed by atoms with Crippen LogP contribution >= 0.6 is 24.0 Å². The van der Waals surface area contributed by atoms with Gasteiger partial charge in [-0.05, 0) is 25.7 Å². The van der Waals surface area contributed by atoms with Crippen molar-refractivity contribution in [2.24, 2.45) is 10.9 Å². The summed E-state index contributed by atoms with van der Waals surface area (Å²) in [6.07, 6.45) is 9.78. The largest absolute Gasteiger partial charge is 0.383 e. The first-order valence-corrected chi connectivity index (χ1v) is 7.72. The molecule has 5 heteroatoms. The lowest BCUT2D eigenvalue weighted by Gasteiger charge is -2.24. The van der Waals surface area contributed by atoms with Crippen LogP contribution in [-0.4, -0.2) is 39.3 Å². The molecule has 1 aliphatic rings. The number of nitrogens with zero attached hydrogens (tertiary/aromatic N) is 1. The lowest BCUT2D eigenvalue weighted by Crippen LogP contribution is -2.43. The fourth-order valence-corrected chi connectivity index (χ4v) is 2.73. The Hall–Kier alpha value is -0.0400. The van der Waals surface area contributed by atoms with E-state index in [1.807, 2.05) is 7.05 Å². The summed E-state index contributed by atoms with van der Waals surface area (Å²) in [7, 11) is 3.53. The minimum absolute atomic E-state index is 0. The molecule has 0 radical (unpaired) electrons. The second-order valence-corrected chi connectivity index (χ2v) is 5.62. The van der Waals surface area contributed by atoms with Gasteiger partial charge in [0.05, 0.1) is 6.61 Å². The van der Waals surface area contributed by atoms with Gasteiger partial charge in [0.2, 0.25) is 0 Å². The van der Waals surface area contributed by atoms with Crippen molar-refractivity contribution in [1.82, 2.24) is 10.6 Å². The van der Waals surface area contributed by atoms with Crippen molar-refractivity contribution in [1.29, 1.82) is 0 Å². The van der Waals surface area contributed by atoms with Crippen LogP contribution in [0.25, 0.3) is 0 Å². The van der Waals surface area contributed by atoms with E-state index in [9.17, 15) is 0 Å². The van der Waals surface area contributed by atoms with E-state index >= 15 is 0 Å². The van der Waals surface area contributed by atoms with E-state index in [0.717, 1.165) is 18.4 Å². The second-order valence-electron chi connectivity index (χ2n) is 5.62. The lowest BCUT2D eigenvalue weighted by atomic mass is 9.85. The zero-order chi connectivity index (χ0) is 13.9. The van der Waals surface area contributed by atoms with Gasteiger partial charge in [0.1, 0.15) is 0 Å². The van der Waals surface area contributed by atoms with Gasteiger partial charge in [-0.15, -0.1) is 24.0 Å². The summed E-state index contributed by atoms with van der Waals surface area (Å²) >= 11 is 0. The molecule has 20 heavy (non-hydrogen) atoms. The van der Waals surface area contributed by atoms with E-state index in [0.29, 0.717) is 12.6 Å². The molecule has 0 saturated heterocycles. The number of aliphatic imine (C=N–C) groups is 1.